The van der Waals surface area contributed by atoms with E-state index in [1.54, 1.807) is 23.5 Å². The standard InChI is InChI=1S/C12H9BrO2S/c1-15-12(14)9-4-2-8(3-5-9)10-6-7-11(13)16-10/h2-7H,1H3. The zero-order chi connectivity index (χ0) is 11.5. The summed E-state index contributed by atoms with van der Waals surface area (Å²) in [6, 6.07) is 11.4. The number of methoxy groups -OCH3 is 1. The third kappa shape index (κ3) is 2.33. The molecule has 16 heavy (non-hydrogen) atoms. The number of ether oxygens (including phenoxy) is 1. The number of carbonyl (C=O) groups excluding carboxylic acids is 1. The topological polar surface area (TPSA) is 26.3 Å². The zero-order valence-electron chi connectivity index (χ0n) is 8.57. The predicted molar refractivity (Wildman–Crippen MR) is 68.8 cm³/mol. The number of carbonyl (C=O) groups is 1. The summed E-state index contributed by atoms with van der Waals surface area (Å²) in [6.45, 7) is 0. The van der Waals surface area contributed by atoms with E-state index in [0.717, 1.165) is 9.35 Å². The van der Waals surface area contributed by atoms with Crippen molar-refractivity contribution in [1.82, 2.24) is 0 Å². The van der Waals surface area contributed by atoms with E-state index in [-0.39, 0.29) is 5.97 Å². The van der Waals surface area contributed by atoms with Gasteiger partial charge in [0.2, 0.25) is 0 Å². The van der Waals surface area contributed by atoms with Crippen LogP contribution in [0.3, 0.4) is 0 Å². The van der Waals surface area contributed by atoms with Crippen LogP contribution in [0, 0.1) is 0 Å². The van der Waals surface area contributed by atoms with Crippen molar-refractivity contribution in [2.75, 3.05) is 7.11 Å². The first-order valence-corrected chi connectivity index (χ1v) is 6.26. The molecule has 4 heteroatoms. The maximum absolute atomic E-state index is 11.2. The summed E-state index contributed by atoms with van der Waals surface area (Å²) in [5.41, 5.74) is 1.67. The van der Waals surface area contributed by atoms with Crippen LogP contribution < -0.4 is 0 Å². The number of hydrogen-bond acceptors (Lipinski definition) is 3. The van der Waals surface area contributed by atoms with Crippen LogP contribution in [0.5, 0.6) is 0 Å². The minimum absolute atomic E-state index is 0.307. The van der Waals surface area contributed by atoms with Crippen molar-refractivity contribution in [2.45, 2.75) is 0 Å². The van der Waals surface area contributed by atoms with E-state index >= 15 is 0 Å². The van der Waals surface area contributed by atoms with Gasteiger partial charge in [0.05, 0.1) is 16.5 Å². The third-order valence-electron chi connectivity index (χ3n) is 2.16. The minimum Gasteiger partial charge on any atom is -0.465 e. The Morgan fingerprint density at radius 1 is 1.19 bits per heavy atom. The Kier molecular flexibility index (Phi) is 3.41. The fourth-order valence-corrected chi connectivity index (χ4v) is 2.75. The molecule has 1 aromatic heterocycles. The molecular formula is C12H9BrO2S. The van der Waals surface area contributed by atoms with Crippen molar-refractivity contribution in [2.24, 2.45) is 0 Å². The summed E-state index contributed by atoms with van der Waals surface area (Å²) in [4.78, 5) is 12.4. The quantitative estimate of drug-likeness (QED) is 0.784. The van der Waals surface area contributed by atoms with Crippen molar-refractivity contribution < 1.29 is 9.53 Å². The van der Waals surface area contributed by atoms with Crippen molar-refractivity contribution in [3.05, 3.63) is 45.7 Å². The monoisotopic (exact) mass is 296 g/mol. The smallest absolute Gasteiger partial charge is 0.337 e. The average Bonchev–Trinajstić information content (AvgIpc) is 2.75. The molecule has 1 aromatic carbocycles. The average molecular weight is 297 g/mol. The molecule has 82 valence electrons. The lowest BCUT2D eigenvalue weighted by molar-refractivity contribution is 0.0601. The normalized spacial score (nSPS) is 10.1. The molecule has 0 N–H and O–H groups in total. The van der Waals surface area contributed by atoms with Gasteiger partial charge in [0.25, 0.3) is 0 Å². The lowest BCUT2D eigenvalue weighted by Crippen LogP contribution is -2.00. The third-order valence-corrected chi connectivity index (χ3v) is 3.84. The summed E-state index contributed by atoms with van der Waals surface area (Å²) in [7, 11) is 1.38. The summed E-state index contributed by atoms with van der Waals surface area (Å²) in [6.07, 6.45) is 0. The first kappa shape index (κ1) is 11.4. The largest absolute Gasteiger partial charge is 0.465 e. The number of rotatable bonds is 2. The molecule has 0 bridgehead atoms. The molecular weight excluding hydrogens is 288 g/mol. The van der Waals surface area contributed by atoms with Gasteiger partial charge in [-0.05, 0) is 45.8 Å². The molecule has 0 aliphatic rings. The van der Waals surface area contributed by atoms with Crippen molar-refractivity contribution in [1.29, 1.82) is 0 Å². The highest BCUT2D eigenvalue weighted by atomic mass is 79.9. The second kappa shape index (κ2) is 4.80. The Hall–Kier alpha value is -1.13. The van der Waals surface area contributed by atoms with Crippen LogP contribution >= 0.6 is 27.3 Å². The predicted octanol–water partition coefficient (Wildman–Crippen LogP) is 3.96. The summed E-state index contributed by atoms with van der Waals surface area (Å²) in [5.74, 6) is -0.307. The van der Waals surface area contributed by atoms with E-state index in [2.05, 4.69) is 20.7 Å². The Bertz CT molecular complexity index is 502. The van der Waals surface area contributed by atoms with Crippen LogP contribution in [0.15, 0.2) is 40.2 Å². The molecule has 0 fully saturated rings. The van der Waals surface area contributed by atoms with E-state index < -0.39 is 0 Å². The summed E-state index contributed by atoms with van der Waals surface area (Å²) in [5, 5.41) is 0. The molecule has 0 aliphatic heterocycles. The molecule has 2 nitrogen and oxygen atoms in total. The molecule has 0 atom stereocenters. The number of hydrogen-bond donors (Lipinski definition) is 0. The van der Waals surface area contributed by atoms with E-state index in [1.807, 2.05) is 24.3 Å². The summed E-state index contributed by atoms with van der Waals surface area (Å²) < 4.78 is 5.74. The van der Waals surface area contributed by atoms with Gasteiger partial charge in [0.1, 0.15) is 0 Å². The minimum atomic E-state index is -0.307. The van der Waals surface area contributed by atoms with E-state index in [4.69, 9.17) is 0 Å². The summed E-state index contributed by atoms with van der Waals surface area (Å²) >= 11 is 5.08. The fraction of sp³-hybridized carbons (Fsp3) is 0.0833. The van der Waals surface area contributed by atoms with Crippen molar-refractivity contribution in [3.8, 4) is 10.4 Å². The van der Waals surface area contributed by atoms with Crippen LogP contribution in [0.2, 0.25) is 0 Å². The van der Waals surface area contributed by atoms with E-state index in [0.29, 0.717) is 5.56 Å². The van der Waals surface area contributed by atoms with Crippen LogP contribution in [-0.2, 0) is 4.74 Å². The van der Waals surface area contributed by atoms with E-state index in [1.165, 1.54) is 12.0 Å². The second-order valence-electron chi connectivity index (χ2n) is 3.17. The van der Waals surface area contributed by atoms with Crippen LogP contribution in [-0.4, -0.2) is 13.1 Å². The Morgan fingerprint density at radius 2 is 1.88 bits per heavy atom. The molecule has 0 radical (unpaired) electrons. The van der Waals surface area contributed by atoms with Crippen molar-refractivity contribution in [3.63, 3.8) is 0 Å². The lowest BCUT2D eigenvalue weighted by Gasteiger charge is -2.00. The van der Waals surface area contributed by atoms with Crippen LogP contribution in [0.25, 0.3) is 10.4 Å². The number of thiophene rings is 1. The van der Waals surface area contributed by atoms with Gasteiger partial charge in [-0.1, -0.05) is 12.1 Å². The maximum atomic E-state index is 11.2. The van der Waals surface area contributed by atoms with Gasteiger partial charge in [-0.25, -0.2) is 4.79 Å². The maximum Gasteiger partial charge on any atom is 0.337 e. The molecule has 0 saturated carbocycles. The highest BCUT2D eigenvalue weighted by molar-refractivity contribution is 9.11. The molecule has 2 rings (SSSR count). The van der Waals surface area contributed by atoms with Gasteiger partial charge in [-0.2, -0.15) is 0 Å². The highest BCUT2D eigenvalue weighted by Crippen LogP contribution is 2.31. The number of benzene rings is 1. The van der Waals surface area contributed by atoms with Gasteiger partial charge in [0.15, 0.2) is 0 Å². The Labute approximate surface area is 106 Å². The highest BCUT2D eigenvalue weighted by Gasteiger charge is 2.06. The Balaban J connectivity index is 2.29. The number of halogens is 1. The van der Waals surface area contributed by atoms with Gasteiger partial charge in [-0.3, -0.25) is 0 Å². The van der Waals surface area contributed by atoms with Crippen molar-refractivity contribution >= 4 is 33.2 Å². The van der Waals surface area contributed by atoms with Gasteiger partial charge in [-0.15, -0.1) is 11.3 Å². The zero-order valence-corrected chi connectivity index (χ0v) is 11.0. The molecule has 0 saturated heterocycles. The van der Waals surface area contributed by atoms with Gasteiger partial charge < -0.3 is 4.74 Å². The SMILES string of the molecule is COC(=O)c1ccc(-c2ccc(Br)s2)cc1. The Morgan fingerprint density at radius 3 is 2.38 bits per heavy atom. The molecule has 0 amide bonds. The molecule has 2 aromatic rings. The molecule has 0 aliphatic carbocycles. The van der Waals surface area contributed by atoms with Crippen LogP contribution in [0.4, 0.5) is 0 Å². The fourth-order valence-electron chi connectivity index (χ4n) is 1.36. The van der Waals surface area contributed by atoms with Gasteiger partial charge >= 0.3 is 5.97 Å². The number of esters is 1. The molecule has 1 heterocycles. The van der Waals surface area contributed by atoms with Crippen LogP contribution in [0.1, 0.15) is 10.4 Å². The second-order valence-corrected chi connectivity index (χ2v) is 5.64. The molecule has 0 unspecified atom stereocenters. The lowest BCUT2D eigenvalue weighted by atomic mass is 10.1. The van der Waals surface area contributed by atoms with E-state index in [9.17, 15) is 4.79 Å². The molecule has 0 spiro atoms. The first-order chi connectivity index (χ1) is 7.70. The van der Waals surface area contributed by atoms with Gasteiger partial charge in [0, 0.05) is 4.88 Å². The first-order valence-electron chi connectivity index (χ1n) is 4.65.